The molecular formula is C26H34N6O. The standard InChI is InChI=1S/C26H34N6O/c1-18-11-12-22-21(17-18)24-29-28-23(19-7-3-2-4-8-19)32(24)26(27-22)31-15-13-30(14-16-31)25(33)20-9-5-6-10-20/h11-12,17,19-20H,2-10,13-16H2,1H3. The fourth-order valence-electron chi connectivity index (χ4n) is 6.15. The summed E-state index contributed by atoms with van der Waals surface area (Å²) in [5.41, 5.74) is 3.10. The van der Waals surface area contributed by atoms with Crippen LogP contribution >= 0.6 is 0 Å². The van der Waals surface area contributed by atoms with E-state index >= 15 is 0 Å². The Morgan fingerprint density at radius 1 is 0.909 bits per heavy atom. The Morgan fingerprint density at radius 2 is 1.64 bits per heavy atom. The van der Waals surface area contributed by atoms with Crippen LogP contribution in [-0.4, -0.2) is 56.6 Å². The van der Waals surface area contributed by atoms with Crippen molar-refractivity contribution in [2.45, 2.75) is 70.6 Å². The number of anilines is 1. The molecule has 1 aromatic carbocycles. The van der Waals surface area contributed by atoms with Crippen molar-refractivity contribution in [2.24, 2.45) is 5.92 Å². The van der Waals surface area contributed by atoms with Crippen LogP contribution in [0.2, 0.25) is 0 Å². The minimum atomic E-state index is 0.251. The van der Waals surface area contributed by atoms with Crippen LogP contribution in [0, 0.1) is 12.8 Å². The lowest BCUT2D eigenvalue weighted by Gasteiger charge is -2.37. The van der Waals surface area contributed by atoms with E-state index in [0.717, 1.165) is 67.3 Å². The third-order valence-corrected chi connectivity index (χ3v) is 8.05. The minimum Gasteiger partial charge on any atom is -0.339 e. The molecule has 6 rings (SSSR count). The fourth-order valence-corrected chi connectivity index (χ4v) is 6.15. The molecule has 33 heavy (non-hydrogen) atoms. The van der Waals surface area contributed by atoms with E-state index in [1.807, 2.05) is 0 Å². The monoisotopic (exact) mass is 446 g/mol. The highest BCUT2D eigenvalue weighted by Gasteiger charge is 2.31. The number of fused-ring (bicyclic) bond motifs is 3. The van der Waals surface area contributed by atoms with Gasteiger partial charge in [0.1, 0.15) is 5.82 Å². The molecule has 0 N–H and O–H groups in total. The van der Waals surface area contributed by atoms with Gasteiger partial charge in [0.2, 0.25) is 11.9 Å². The predicted octanol–water partition coefficient (Wildman–Crippen LogP) is 4.47. The van der Waals surface area contributed by atoms with E-state index in [0.29, 0.717) is 11.8 Å². The fraction of sp³-hybridized carbons (Fsp3) is 0.615. The van der Waals surface area contributed by atoms with Crippen molar-refractivity contribution in [2.75, 3.05) is 31.1 Å². The number of nitrogens with zero attached hydrogens (tertiary/aromatic N) is 6. The molecule has 1 aliphatic heterocycles. The van der Waals surface area contributed by atoms with Gasteiger partial charge >= 0.3 is 0 Å². The molecule has 0 unspecified atom stereocenters. The lowest BCUT2D eigenvalue weighted by atomic mass is 9.89. The number of carbonyl (C=O) groups is 1. The zero-order valence-corrected chi connectivity index (χ0v) is 19.7. The number of rotatable bonds is 3. The Kier molecular flexibility index (Phi) is 5.43. The van der Waals surface area contributed by atoms with Gasteiger partial charge in [-0.3, -0.25) is 4.79 Å². The smallest absolute Gasteiger partial charge is 0.225 e. The second-order valence-electron chi connectivity index (χ2n) is 10.3. The zero-order chi connectivity index (χ0) is 22.4. The van der Waals surface area contributed by atoms with E-state index in [4.69, 9.17) is 15.2 Å². The van der Waals surface area contributed by atoms with Crippen LogP contribution in [0.4, 0.5) is 5.95 Å². The highest BCUT2D eigenvalue weighted by Crippen LogP contribution is 2.35. The number of hydrogen-bond acceptors (Lipinski definition) is 5. The SMILES string of the molecule is Cc1ccc2nc(N3CCN(C(=O)C4CCCC4)CC3)n3c(C4CCCCC4)nnc3c2c1. The molecule has 2 aliphatic carbocycles. The number of aromatic nitrogens is 4. The van der Waals surface area contributed by atoms with Gasteiger partial charge in [-0.1, -0.05) is 43.7 Å². The summed E-state index contributed by atoms with van der Waals surface area (Å²) in [6.45, 7) is 5.26. The lowest BCUT2D eigenvalue weighted by molar-refractivity contribution is -0.135. The molecule has 2 aromatic heterocycles. The Bertz CT molecular complexity index is 1170. The molecule has 0 atom stereocenters. The molecule has 0 spiro atoms. The maximum atomic E-state index is 12.9. The normalized spacial score (nSPS) is 20.9. The minimum absolute atomic E-state index is 0.251. The van der Waals surface area contributed by atoms with Crippen LogP contribution in [-0.2, 0) is 4.79 Å². The summed E-state index contributed by atoms with van der Waals surface area (Å²) in [6.07, 6.45) is 10.7. The average Bonchev–Trinajstić information content (AvgIpc) is 3.55. The van der Waals surface area contributed by atoms with Crippen LogP contribution < -0.4 is 4.90 Å². The van der Waals surface area contributed by atoms with Gasteiger partial charge in [0.15, 0.2) is 5.65 Å². The van der Waals surface area contributed by atoms with Crippen molar-refractivity contribution in [3.8, 4) is 0 Å². The van der Waals surface area contributed by atoms with Crippen molar-refractivity contribution in [3.05, 3.63) is 29.6 Å². The first-order valence-corrected chi connectivity index (χ1v) is 12.9. The van der Waals surface area contributed by atoms with E-state index in [1.165, 1.54) is 50.5 Å². The maximum absolute atomic E-state index is 12.9. The van der Waals surface area contributed by atoms with Crippen molar-refractivity contribution in [1.29, 1.82) is 0 Å². The van der Waals surface area contributed by atoms with E-state index < -0.39 is 0 Å². The van der Waals surface area contributed by atoms with Gasteiger partial charge in [0.25, 0.3) is 0 Å². The number of aryl methyl sites for hydroxylation is 1. The molecule has 3 aliphatic rings. The number of hydrogen-bond donors (Lipinski definition) is 0. The van der Waals surface area contributed by atoms with E-state index in [1.54, 1.807) is 0 Å². The van der Waals surface area contributed by atoms with Gasteiger partial charge in [0.05, 0.1) is 5.52 Å². The second-order valence-corrected chi connectivity index (χ2v) is 10.3. The Balaban J connectivity index is 1.36. The first-order valence-electron chi connectivity index (χ1n) is 12.9. The molecule has 3 fully saturated rings. The van der Waals surface area contributed by atoms with Crippen molar-refractivity contribution >= 4 is 28.4 Å². The number of amides is 1. The predicted molar refractivity (Wildman–Crippen MR) is 130 cm³/mol. The Labute approximate surface area is 195 Å². The van der Waals surface area contributed by atoms with Gasteiger partial charge in [0, 0.05) is 43.4 Å². The topological polar surface area (TPSA) is 66.6 Å². The molecule has 0 radical (unpaired) electrons. The highest BCUT2D eigenvalue weighted by atomic mass is 16.2. The van der Waals surface area contributed by atoms with Crippen molar-refractivity contribution in [3.63, 3.8) is 0 Å². The summed E-state index contributed by atoms with van der Waals surface area (Å²) >= 11 is 0. The Hall–Kier alpha value is -2.70. The first-order chi connectivity index (χ1) is 16.2. The summed E-state index contributed by atoms with van der Waals surface area (Å²) < 4.78 is 2.24. The summed E-state index contributed by atoms with van der Waals surface area (Å²) in [6, 6.07) is 6.40. The van der Waals surface area contributed by atoms with Gasteiger partial charge in [-0.2, -0.15) is 0 Å². The van der Waals surface area contributed by atoms with Gasteiger partial charge in [-0.05, 0) is 44.7 Å². The molecule has 1 saturated heterocycles. The molecular weight excluding hydrogens is 412 g/mol. The van der Waals surface area contributed by atoms with E-state index in [-0.39, 0.29) is 5.92 Å². The lowest BCUT2D eigenvalue weighted by Crippen LogP contribution is -2.50. The third kappa shape index (κ3) is 3.75. The first kappa shape index (κ1) is 20.9. The summed E-state index contributed by atoms with van der Waals surface area (Å²) in [7, 11) is 0. The van der Waals surface area contributed by atoms with Crippen LogP contribution in [0.1, 0.15) is 75.1 Å². The number of piperazine rings is 1. The third-order valence-electron chi connectivity index (χ3n) is 8.05. The highest BCUT2D eigenvalue weighted by molar-refractivity contribution is 5.93. The van der Waals surface area contributed by atoms with Gasteiger partial charge < -0.3 is 9.80 Å². The van der Waals surface area contributed by atoms with Crippen molar-refractivity contribution < 1.29 is 4.79 Å². The number of benzene rings is 1. The van der Waals surface area contributed by atoms with E-state index in [9.17, 15) is 4.79 Å². The number of carbonyl (C=O) groups excluding carboxylic acids is 1. The van der Waals surface area contributed by atoms with Crippen LogP contribution in [0.3, 0.4) is 0 Å². The molecule has 1 amide bonds. The van der Waals surface area contributed by atoms with E-state index in [2.05, 4.69) is 39.3 Å². The molecule has 7 nitrogen and oxygen atoms in total. The molecule has 0 bridgehead atoms. The molecule has 7 heteroatoms. The zero-order valence-electron chi connectivity index (χ0n) is 19.7. The summed E-state index contributed by atoms with van der Waals surface area (Å²) in [5.74, 6) is 3.08. The van der Waals surface area contributed by atoms with Crippen molar-refractivity contribution in [1.82, 2.24) is 24.5 Å². The quantitative estimate of drug-likeness (QED) is 0.594. The Morgan fingerprint density at radius 3 is 2.39 bits per heavy atom. The molecule has 3 aromatic rings. The largest absolute Gasteiger partial charge is 0.339 e. The molecule has 174 valence electrons. The second kappa shape index (κ2) is 8.58. The average molecular weight is 447 g/mol. The van der Waals surface area contributed by atoms with Gasteiger partial charge in [-0.15, -0.1) is 10.2 Å². The summed E-state index contributed by atoms with van der Waals surface area (Å²) in [4.78, 5) is 22.5. The molecule has 2 saturated carbocycles. The van der Waals surface area contributed by atoms with Gasteiger partial charge in [-0.25, -0.2) is 9.38 Å². The van der Waals surface area contributed by atoms with Crippen LogP contribution in [0.5, 0.6) is 0 Å². The molecule has 3 heterocycles. The summed E-state index contributed by atoms with van der Waals surface area (Å²) in [5, 5.41) is 10.5. The maximum Gasteiger partial charge on any atom is 0.225 e. The van der Waals surface area contributed by atoms with Crippen LogP contribution in [0.25, 0.3) is 16.6 Å². The van der Waals surface area contributed by atoms with Crippen LogP contribution in [0.15, 0.2) is 18.2 Å².